The summed E-state index contributed by atoms with van der Waals surface area (Å²) in [6, 6.07) is 0. The van der Waals surface area contributed by atoms with Crippen molar-refractivity contribution in [3.05, 3.63) is 15.5 Å². The van der Waals surface area contributed by atoms with E-state index in [1.807, 2.05) is 11.6 Å². The molecule has 0 amide bonds. The van der Waals surface area contributed by atoms with Crippen LogP contribution in [0.5, 0.6) is 0 Å². The van der Waals surface area contributed by atoms with Crippen molar-refractivity contribution in [2.45, 2.75) is 37.7 Å². The van der Waals surface area contributed by atoms with Gasteiger partial charge in [-0.2, -0.15) is 5.10 Å². The minimum atomic E-state index is 0.179. The Bertz CT molecular complexity index is 692. The summed E-state index contributed by atoms with van der Waals surface area (Å²) in [4.78, 5) is 6.03. The summed E-state index contributed by atoms with van der Waals surface area (Å²) in [7, 11) is 1.95. The lowest BCUT2D eigenvalue weighted by Gasteiger charge is -2.03. The number of rotatable bonds is 3. The maximum atomic E-state index is 5.77. The first kappa shape index (κ1) is 12.7. The molecule has 0 spiro atoms. The Labute approximate surface area is 126 Å². The normalized spacial score (nSPS) is 22.6. The average Bonchev–Trinajstić information content (AvgIpc) is 2.88. The molecule has 1 unspecified atom stereocenters. The van der Waals surface area contributed by atoms with Gasteiger partial charge in [0.2, 0.25) is 0 Å². The van der Waals surface area contributed by atoms with Crippen LogP contribution in [0.3, 0.4) is 0 Å². The fraction of sp³-hybridized carbons (Fsp3) is 0.615. The molecule has 1 saturated heterocycles. The van der Waals surface area contributed by atoms with E-state index in [1.54, 1.807) is 11.3 Å². The minimum Gasteiger partial charge on any atom is -0.371 e. The van der Waals surface area contributed by atoms with Gasteiger partial charge in [0.1, 0.15) is 11.1 Å². The van der Waals surface area contributed by atoms with E-state index < -0.39 is 0 Å². The van der Waals surface area contributed by atoms with Crippen LogP contribution >= 0.6 is 23.6 Å². The van der Waals surface area contributed by atoms with E-state index in [9.17, 15) is 0 Å². The van der Waals surface area contributed by atoms with Crippen molar-refractivity contribution in [3.63, 3.8) is 0 Å². The van der Waals surface area contributed by atoms with Gasteiger partial charge in [-0.25, -0.2) is 4.98 Å². The van der Waals surface area contributed by atoms with Crippen molar-refractivity contribution in [1.82, 2.24) is 19.7 Å². The molecule has 1 N–H and O–H groups in total. The molecular weight excluding hydrogens is 292 g/mol. The Morgan fingerprint density at radius 3 is 2.85 bits per heavy atom. The Morgan fingerprint density at radius 1 is 1.40 bits per heavy atom. The lowest BCUT2D eigenvalue weighted by molar-refractivity contribution is 0.111. The Kier molecular flexibility index (Phi) is 3.01. The van der Waals surface area contributed by atoms with Crippen LogP contribution in [0.4, 0.5) is 0 Å². The second-order valence-corrected chi connectivity index (χ2v) is 6.87. The average molecular weight is 308 g/mol. The summed E-state index contributed by atoms with van der Waals surface area (Å²) in [6.07, 6.45) is 4.85. The van der Waals surface area contributed by atoms with Crippen molar-refractivity contribution in [1.29, 1.82) is 0 Å². The molecule has 2 aromatic rings. The largest absolute Gasteiger partial charge is 0.371 e. The van der Waals surface area contributed by atoms with Gasteiger partial charge in [0.25, 0.3) is 0 Å². The lowest BCUT2D eigenvalue weighted by atomic mass is 10.2. The molecule has 1 saturated carbocycles. The highest BCUT2D eigenvalue weighted by atomic mass is 32.1. The van der Waals surface area contributed by atoms with E-state index in [0.29, 0.717) is 10.7 Å². The number of hydrogen-bond acceptors (Lipinski definition) is 5. The third-order valence-corrected chi connectivity index (χ3v) is 5.45. The molecule has 106 valence electrons. The van der Waals surface area contributed by atoms with Crippen molar-refractivity contribution < 1.29 is 4.74 Å². The van der Waals surface area contributed by atoms with Crippen LogP contribution in [-0.2, 0) is 11.8 Å². The predicted molar refractivity (Wildman–Crippen MR) is 79.4 cm³/mol. The molecule has 1 aliphatic heterocycles. The Hall–Kier alpha value is -1.05. The quantitative estimate of drug-likeness (QED) is 0.884. The number of ether oxygens (including phenoxy) is 1. The first-order valence-electron chi connectivity index (χ1n) is 6.98. The first-order chi connectivity index (χ1) is 9.74. The van der Waals surface area contributed by atoms with Crippen LogP contribution < -0.4 is 0 Å². The molecule has 20 heavy (non-hydrogen) atoms. The summed E-state index contributed by atoms with van der Waals surface area (Å²) in [5.74, 6) is 1.50. The smallest absolute Gasteiger partial charge is 0.195 e. The molecule has 0 aromatic carbocycles. The number of thiazole rings is 1. The molecule has 2 fully saturated rings. The Balaban J connectivity index is 1.80. The maximum absolute atomic E-state index is 5.77. The molecule has 7 heteroatoms. The maximum Gasteiger partial charge on any atom is 0.195 e. The predicted octanol–water partition coefficient (Wildman–Crippen LogP) is 3.33. The van der Waals surface area contributed by atoms with E-state index in [1.165, 1.54) is 18.5 Å². The summed E-state index contributed by atoms with van der Waals surface area (Å²) in [5, 5.41) is 8.34. The minimum absolute atomic E-state index is 0.179. The molecule has 5 nitrogen and oxygen atoms in total. The zero-order chi connectivity index (χ0) is 13.7. The van der Waals surface area contributed by atoms with Gasteiger partial charge < -0.3 is 9.30 Å². The van der Waals surface area contributed by atoms with E-state index in [0.717, 1.165) is 35.2 Å². The number of nitrogens with zero attached hydrogens (tertiary/aromatic N) is 3. The van der Waals surface area contributed by atoms with E-state index in [-0.39, 0.29) is 6.10 Å². The second-order valence-electron chi connectivity index (χ2n) is 5.45. The molecule has 1 aliphatic carbocycles. The topological polar surface area (TPSA) is 55.7 Å². The monoisotopic (exact) mass is 308 g/mol. The van der Waals surface area contributed by atoms with Crippen molar-refractivity contribution >= 4 is 23.6 Å². The molecule has 1 atom stereocenters. The van der Waals surface area contributed by atoms with E-state index in [2.05, 4.69) is 10.2 Å². The fourth-order valence-electron chi connectivity index (χ4n) is 2.60. The highest BCUT2D eigenvalue weighted by Gasteiger charge is 2.33. The molecular formula is C13H16N4OS2. The van der Waals surface area contributed by atoms with Crippen LogP contribution in [-0.4, -0.2) is 26.4 Å². The number of aromatic nitrogens is 4. The van der Waals surface area contributed by atoms with Crippen LogP contribution in [0.1, 0.15) is 48.4 Å². The highest BCUT2D eigenvalue weighted by molar-refractivity contribution is 7.71. The zero-order valence-corrected chi connectivity index (χ0v) is 12.9. The van der Waals surface area contributed by atoms with Crippen molar-refractivity contribution in [2.24, 2.45) is 7.05 Å². The van der Waals surface area contributed by atoms with Gasteiger partial charge in [-0.05, 0) is 37.9 Å². The summed E-state index contributed by atoms with van der Waals surface area (Å²) >= 11 is 6.94. The number of H-pyrrole nitrogens is 1. The SMILES string of the molecule is Cn1c(-c2sc(C3CCCO3)nc2C2CC2)n[nH]c1=S. The summed E-state index contributed by atoms with van der Waals surface area (Å²) < 4.78 is 8.34. The van der Waals surface area contributed by atoms with Gasteiger partial charge in [-0.1, -0.05) is 0 Å². The number of aromatic amines is 1. The van der Waals surface area contributed by atoms with Crippen LogP contribution in [0, 0.1) is 4.77 Å². The third-order valence-electron chi connectivity index (χ3n) is 3.92. The van der Waals surface area contributed by atoms with Gasteiger partial charge in [-0.3, -0.25) is 5.10 Å². The van der Waals surface area contributed by atoms with Crippen LogP contribution in [0.15, 0.2) is 0 Å². The standard InChI is InChI=1S/C13H16N4OS2/c1-17-11(15-16-13(17)19)10-9(7-4-5-7)14-12(20-10)8-3-2-6-18-8/h7-8H,2-6H2,1H3,(H,16,19). The van der Waals surface area contributed by atoms with Crippen LogP contribution in [0.2, 0.25) is 0 Å². The zero-order valence-electron chi connectivity index (χ0n) is 11.3. The van der Waals surface area contributed by atoms with Gasteiger partial charge in [-0.15, -0.1) is 11.3 Å². The molecule has 3 heterocycles. The lowest BCUT2D eigenvalue weighted by Crippen LogP contribution is -1.95. The fourth-order valence-corrected chi connectivity index (χ4v) is 4.00. The van der Waals surface area contributed by atoms with E-state index >= 15 is 0 Å². The molecule has 2 aliphatic rings. The number of hydrogen-bond donors (Lipinski definition) is 1. The first-order valence-corrected chi connectivity index (χ1v) is 8.20. The van der Waals surface area contributed by atoms with Crippen LogP contribution in [0.25, 0.3) is 10.7 Å². The third kappa shape index (κ3) is 2.04. The van der Waals surface area contributed by atoms with Crippen molar-refractivity contribution in [3.8, 4) is 10.7 Å². The van der Waals surface area contributed by atoms with E-state index in [4.69, 9.17) is 21.9 Å². The summed E-state index contributed by atoms with van der Waals surface area (Å²) in [5.41, 5.74) is 1.19. The molecule has 0 radical (unpaired) electrons. The number of nitrogens with one attached hydrogen (secondary N) is 1. The molecule has 4 rings (SSSR count). The summed E-state index contributed by atoms with van der Waals surface area (Å²) in [6.45, 7) is 0.852. The van der Waals surface area contributed by atoms with Gasteiger partial charge in [0, 0.05) is 19.6 Å². The van der Waals surface area contributed by atoms with Gasteiger partial charge in [0.05, 0.1) is 10.6 Å². The Morgan fingerprint density at radius 2 is 2.25 bits per heavy atom. The van der Waals surface area contributed by atoms with Crippen molar-refractivity contribution in [2.75, 3.05) is 6.61 Å². The highest BCUT2D eigenvalue weighted by Crippen LogP contribution is 2.47. The van der Waals surface area contributed by atoms with Gasteiger partial charge in [0.15, 0.2) is 10.6 Å². The molecule has 0 bridgehead atoms. The second kappa shape index (κ2) is 4.75. The van der Waals surface area contributed by atoms with Gasteiger partial charge >= 0.3 is 0 Å². The molecule has 2 aromatic heterocycles.